The molecule has 2 fully saturated rings. The average Bonchev–Trinajstić information content (AvgIpc) is 3.43. The molecule has 9 heteroatoms. The van der Waals surface area contributed by atoms with Gasteiger partial charge in [0.05, 0.1) is 23.1 Å². The first-order valence-corrected chi connectivity index (χ1v) is 14.3. The number of rotatable bonds is 4. The normalized spacial score (nSPS) is 16.5. The third-order valence-electron chi connectivity index (χ3n) is 8.39. The van der Waals surface area contributed by atoms with Gasteiger partial charge in [-0.15, -0.1) is 0 Å². The number of aryl methyl sites for hydroxylation is 1. The number of amides is 1. The minimum atomic E-state index is 0.0628. The summed E-state index contributed by atoms with van der Waals surface area (Å²) < 4.78 is 1.91. The number of fused-ring (bicyclic) bond motifs is 2. The molecule has 3 aromatic heterocycles. The van der Waals surface area contributed by atoms with Gasteiger partial charge in [-0.05, 0) is 55.9 Å². The quantitative estimate of drug-likeness (QED) is 0.368. The SMILES string of the molecule is Cc1nn2c(-c3ccnc4cc(C(=O)N5CCN(C)CC5)ccc34)cnc2cc1-c1ccc(N2CCNCC2)cc1. The number of pyridine rings is 1. The van der Waals surface area contributed by atoms with Crippen molar-refractivity contribution in [1.82, 2.24) is 34.7 Å². The zero-order chi connectivity index (χ0) is 27.9. The van der Waals surface area contributed by atoms with Crippen LogP contribution in [0.5, 0.6) is 0 Å². The molecule has 5 aromatic rings. The minimum absolute atomic E-state index is 0.0628. The molecular weight excluding hydrogens is 512 g/mol. The lowest BCUT2D eigenvalue weighted by atomic mass is 10.0. The molecule has 0 bridgehead atoms. The van der Waals surface area contributed by atoms with Gasteiger partial charge in [0.1, 0.15) is 0 Å². The molecule has 1 amide bonds. The molecular formula is C32H34N8O. The molecule has 0 aliphatic carbocycles. The molecule has 208 valence electrons. The monoisotopic (exact) mass is 546 g/mol. The number of hydrogen-bond donors (Lipinski definition) is 1. The van der Waals surface area contributed by atoms with Gasteiger partial charge in [0.2, 0.25) is 0 Å². The van der Waals surface area contributed by atoms with Crippen LogP contribution in [-0.4, -0.2) is 94.7 Å². The lowest BCUT2D eigenvalue weighted by Gasteiger charge is -2.32. The summed E-state index contributed by atoms with van der Waals surface area (Å²) >= 11 is 0. The first kappa shape index (κ1) is 25.6. The second-order valence-electron chi connectivity index (χ2n) is 11.0. The fourth-order valence-corrected chi connectivity index (χ4v) is 5.95. The summed E-state index contributed by atoms with van der Waals surface area (Å²) in [5.74, 6) is 0.0628. The Balaban J connectivity index is 1.19. The summed E-state index contributed by atoms with van der Waals surface area (Å²) in [6.45, 7) is 9.42. The van der Waals surface area contributed by atoms with Crippen LogP contribution >= 0.6 is 0 Å². The smallest absolute Gasteiger partial charge is 0.254 e. The van der Waals surface area contributed by atoms with E-state index in [-0.39, 0.29) is 5.91 Å². The highest BCUT2D eigenvalue weighted by atomic mass is 16.2. The number of imidazole rings is 1. The molecule has 9 nitrogen and oxygen atoms in total. The number of aromatic nitrogens is 4. The highest BCUT2D eigenvalue weighted by Gasteiger charge is 2.21. The fourth-order valence-electron chi connectivity index (χ4n) is 5.95. The third kappa shape index (κ3) is 4.81. The van der Waals surface area contributed by atoms with Crippen molar-refractivity contribution in [2.45, 2.75) is 6.92 Å². The van der Waals surface area contributed by atoms with Crippen molar-refractivity contribution in [3.63, 3.8) is 0 Å². The lowest BCUT2D eigenvalue weighted by Crippen LogP contribution is -2.47. The number of carbonyl (C=O) groups excluding carboxylic acids is 1. The summed E-state index contributed by atoms with van der Waals surface area (Å²) in [5, 5.41) is 9.35. The minimum Gasteiger partial charge on any atom is -0.369 e. The maximum absolute atomic E-state index is 13.2. The Morgan fingerprint density at radius 3 is 2.41 bits per heavy atom. The van der Waals surface area contributed by atoms with Crippen molar-refractivity contribution in [3.05, 3.63) is 78.2 Å². The Hall–Kier alpha value is -4.34. The summed E-state index contributed by atoms with van der Waals surface area (Å²) in [4.78, 5) is 29.1. The summed E-state index contributed by atoms with van der Waals surface area (Å²) in [6, 6.07) is 18.7. The zero-order valence-corrected chi connectivity index (χ0v) is 23.5. The van der Waals surface area contributed by atoms with E-state index in [1.165, 1.54) is 5.69 Å². The molecule has 0 spiro atoms. The summed E-state index contributed by atoms with van der Waals surface area (Å²) in [5.41, 5.74) is 8.53. The van der Waals surface area contributed by atoms with E-state index in [0.29, 0.717) is 5.56 Å². The van der Waals surface area contributed by atoms with Crippen LogP contribution in [0, 0.1) is 6.92 Å². The van der Waals surface area contributed by atoms with Gasteiger partial charge < -0.3 is 20.0 Å². The Labute approximate surface area is 239 Å². The van der Waals surface area contributed by atoms with Gasteiger partial charge in [-0.25, -0.2) is 9.50 Å². The van der Waals surface area contributed by atoms with E-state index in [4.69, 9.17) is 10.1 Å². The van der Waals surface area contributed by atoms with E-state index in [1.807, 2.05) is 46.8 Å². The molecule has 5 heterocycles. The Bertz CT molecular complexity index is 1730. The number of benzene rings is 2. The number of carbonyl (C=O) groups is 1. The second-order valence-corrected chi connectivity index (χ2v) is 11.0. The number of piperazine rings is 2. The van der Waals surface area contributed by atoms with Crippen LogP contribution in [0.1, 0.15) is 16.1 Å². The maximum Gasteiger partial charge on any atom is 0.254 e. The van der Waals surface area contributed by atoms with Crippen molar-refractivity contribution >= 4 is 28.1 Å². The molecule has 2 aliphatic heterocycles. The van der Waals surface area contributed by atoms with E-state index in [1.54, 1.807) is 6.20 Å². The average molecular weight is 547 g/mol. The van der Waals surface area contributed by atoms with Crippen LogP contribution in [-0.2, 0) is 0 Å². The van der Waals surface area contributed by atoms with Gasteiger partial charge in [-0.1, -0.05) is 18.2 Å². The Morgan fingerprint density at radius 1 is 0.854 bits per heavy atom. The topological polar surface area (TPSA) is 81.9 Å². The highest BCUT2D eigenvalue weighted by Crippen LogP contribution is 2.31. The summed E-state index contributed by atoms with van der Waals surface area (Å²) in [7, 11) is 2.09. The Morgan fingerprint density at radius 2 is 1.63 bits per heavy atom. The van der Waals surface area contributed by atoms with Crippen molar-refractivity contribution in [3.8, 4) is 22.4 Å². The van der Waals surface area contributed by atoms with Crippen LogP contribution in [0.4, 0.5) is 5.69 Å². The molecule has 2 aromatic carbocycles. The number of nitrogens with one attached hydrogen (secondary N) is 1. The largest absolute Gasteiger partial charge is 0.369 e. The van der Waals surface area contributed by atoms with Crippen LogP contribution < -0.4 is 10.2 Å². The molecule has 2 aliphatic rings. The third-order valence-corrected chi connectivity index (χ3v) is 8.39. The Kier molecular flexibility index (Phi) is 6.60. The predicted molar refractivity (Wildman–Crippen MR) is 162 cm³/mol. The van der Waals surface area contributed by atoms with Gasteiger partial charge >= 0.3 is 0 Å². The van der Waals surface area contributed by atoms with Gasteiger partial charge in [0.25, 0.3) is 5.91 Å². The maximum atomic E-state index is 13.2. The second kappa shape index (κ2) is 10.6. The number of nitrogens with zero attached hydrogens (tertiary/aromatic N) is 7. The van der Waals surface area contributed by atoms with Gasteiger partial charge in [0, 0.05) is 86.3 Å². The lowest BCUT2D eigenvalue weighted by molar-refractivity contribution is 0.0664. The first-order valence-electron chi connectivity index (χ1n) is 14.3. The zero-order valence-electron chi connectivity index (χ0n) is 23.5. The number of hydrogen-bond acceptors (Lipinski definition) is 7. The van der Waals surface area contributed by atoms with E-state index < -0.39 is 0 Å². The van der Waals surface area contributed by atoms with Crippen molar-refractivity contribution in [1.29, 1.82) is 0 Å². The van der Waals surface area contributed by atoms with Crippen molar-refractivity contribution in [2.75, 3.05) is 64.3 Å². The van der Waals surface area contributed by atoms with Gasteiger partial charge in [0.15, 0.2) is 5.65 Å². The molecule has 7 rings (SSSR count). The fraction of sp³-hybridized carbons (Fsp3) is 0.312. The van der Waals surface area contributed by atoms with E-state index >= 15 is 0 Å². The van der Waals surface area contributed by atoms with E-state index in [9.17, 15) is 4.79 Å². The van der Waals surface area contributed by atoms with E-state index in [2.05, 4.69) is 57.5 Å². The van der Waals surface area contributed by atoms with Crippen molar-refractivity contribution in [2.24, 2.45) is 0 Å². The number of anilines is 1. The molecule has 0 saturated carbocycles. The van der Waals surface area contributed by atoms with Gasteiger partial charge in [-0.3, -0.25) is 9.78 Å². The molecule has 0 unspecified atom stereocenters. The standard InChI is InChI=1S/C32H34N8O/c1-22-28(23-3-6-25(7-4-23)38-13-11-33-12-14-38)20-31-35-21-30(40(31)36-22)27-9-10-34-29-19-24(5-8-26(27)29)32(41)39-17-15-37(2)16-18-39/h3-10,19-21,33H,11-18H2,1-2H3. The van der Waals surface area contributed by atoms with Crippen LogP contribution in [0.3, 0.4) is 0 Å². The summed E-state index contributed by atoms with van der Waals surface area (Å²) in [6.07, 6.45) is 3.67. The molecule has 0 atom stereocenters. The molecule has 1 N–H and O–H groups in total. The molecule has 2 saturated heterocycles. The number of likely N-dealkylation sites (N-methyl/N-ethyl adjacent to an activating group) is 1. The van der Waals surface area contributed by atoms with E-state index in [0.717, 1.165) is 97.0 Å². The van der Waals surface area contributed by atoms with Crippen LogP contribution in [0.25, 0.3) is 38.9 Å². The first-order chi connectivity index (χ1) is 20.0. The molecule has 41 heavy (non-hydrogen) atoms. The van der Waals surface area contributed by atoms with Crippen LogP contribution in [0.2, 0.25) is 0 Å². The molecule has 0 radical (unpaired) electrons. The van der Waals surface area contributed by atoms with Gasteiger partial charge in [-0.2, -0.15) is 5.10 Å². The highest BCUT2D eigenvalue weighted by molar-refractivity contribution is 6.01. The van der Waals surface area contributed by atoms with Crippen LogP contribution in [0.15, 0.2) is 67.0 Å². The van der Waals surface area contributed by atoms with Crippen molar-refractivity contribution < 1.29 is 4.79 Å². The predicted octanol–water partition coefficient (Wildman–Crippen LogP) is 3.72.